The SMILES string of the molecule is O=C(NC1CCCCC1C(=O)O)c1ccc(=O)[nH]c1. The minimum Gasteiger partial charge on any atom is -0.481 e. The highest BCUT2D eigenvalue weighted by molar-refractivity contribution is 5.94. The maximum atomic E-state index is 12.0. The molecule has 1 aliphatic carbocycles. The van der Waals surface area contributed by atoms with Crippen LogP contribution in [0.5, 0.6) is 0 Å². The number of nitrogens with one attached hydrogen (secondary N) is 2. The third-order valence-corrected chi connectivity index (χ3v) is 3.45. The van der Waals surface area contributed by atoms with E-state index in [-0.39, 0.29) is 17.5 Å². The molecule has 1 heterocycles. The minimum atomic E-state index is -0.869. The van der Waals surface area contributed by atoms with Gasteiger partial charge < -0.3 is 15.4 Å². The van der Waals surface area contributed by atoms with Gasteiger partial charge in [-0.1, -0.05) is 12.8 Å². The number of hydrogen-bond donors (Lipinski definition) is 3. The average Bonchev–Trinajstić information content (AvgIpc) is 2.39. The van der Waals surface area contributed by atoms with Gasteiger partial charge in [0.05, 0.1) is 11.5 Å². The van der Waals surface area contributed by atoms with E-state index in [1.54, 1.807) is 0 Å². The molecule has 6 nitrogen and oxygen atoms in total. The highest BCUT2D eigenvalue weighted by atomic mass is 16.4. The number of H-pyrrole nitrogens is 1. The van der Waals surface area contributed by atoms with Gasteiger partial charge in [0.1, 0.15) is 0 Å². The third kappa shape index (κ3) is 3.21. The fourth-order valence-electron chi connectivity index (χ4n) is 2.40. The summed E-state index contributed by atoms with van der Waals surface area (Å²) in [5, 5.41) is 11.9. The summed E-state index contributed by atoms with van der Waals surface area (Å²) in [7, 11) is 0. The van der Waals surface area contributed by atoms with E-state index in [9.17, 15) is 14.4 Å². The second-order valence-corrected chi connectivity index (χ2v) is 4.75. The molecule has 1 aliphatic rings. The molecule has 19 heavy (non-hydrogen) atoms. The molecular formula is C13H16N2O4. The molecule has 0 aromatic carbocycles. The van der Waals surface area contributed by atoms with Gasteiger partial charge in [0.15, 0.2) is 0 Å². The van der Waals surface area contributed by atoms with Crippen molar-refractivity contribution in [3.63, 3.8) is 0 Å². The Morgan fingerprint density at radius 1 is 1.26 bits per heavy atom. The second kappa shape index (κ2) is 5.69. The van der Waals surface area contributed by atoms with E-state index in [2.05, 4.69) is 10.3 Å². The van der Waals surface area contributed by atoms with Gasteiger partial charge >= 0.3 is 5.97 Å². The molecule has 2 atom stereocenters. The standard InChI is InChI=1S/C13H16N2O4/c16-11-6-5-8(7-14-11)12(17)15-10-4-2-1-3-9(10)13(18)19/h5-7,9-10H,1-4H2,(H,14,16)(H,15,17)(H,18,19). The van der Waals surface area contributed by atoms with E-state index in [0.29, 0.717) is 18.4 Å². The average molecular weight is 264 g/mol. The first-order chi connectivity index (χ1) is 9.08. The van der Waals surface area contributed by atoms with E-state index < -0.39 is 11.9 Å². The van der Waals surface area contributed by atoms with E-state index in [1.807, 2.05) is 0 Å². The maximum Gasteiger partial charge on any atom is 0.308 e. The Morgan fingerprint density at radius 2 is 2.00 bits per heavy atom. The molecule has 1 aromatic heterocycles. The van der Waals surface area contributed by atoms with Crippen LogP contribution in [-0.4, -0.2) is 28.0 Å². The smallest absolute Gasteiger partial charge is 0.308 e. The van der Waals surface area contributed by atoms with Crippen LogP contribution in [0.25, 0.3) is 0 Å². The predicted octanol–water partition coefficient (Wildman–Crippen LogP) is 0.748. The molecule has 0 spiro atoms. The van der Waals surface area contributed by atoms with E-state index >= 15 is 0 Å². The van der Waals surface area contributed by atoms with Crippen LogP contribution < -0.4 is 10.9 Å². The summed E-state index contributed by atoms with van der Waals surface area (Å²) in [6.45, 7) is 0. The first kappa shape index (κ1) is 13.3. The lowest BCUT2D eigenvalue weighted by Gasteiger charge is -2.29. The van der Waals surface area contributed by atoms with Crippen LogP contribution in [0.4, 0.5) is 0 Å². The lowest BCUT2D eigenvalue weighted by Crippen LogP contribution is -2.45. The van der Waals surface area contributed by atoms with Crippen molar-refractivity contribution in [3.05, 3.63) is 34.2 Å². The molecule has 3 N–H and O–H groups in total. The van der Waals surface area contributed by atoms with Gasteiger partial charge in [-0.3, -0.25) is 14.4 Å². The zero-order valence-corrected chi connectivity index (χ0v) is 10.4. The monoisotopic (exact) mass is 264 g/mol. The molecule has 0 radical (unpaired) electrons. The first-order valence-electron chi connectivity index (χ1n) is 6.30. The molecular weight excluding hydrogens is 248 g/mol. The highest BCUT2D eigenvalue weighted by Gasteiger charge is 2.31. The Kier molecular flexibility index (Phi) is 3.99. The molecule has 1 saturated carbocycles. The quantitative estimate of drug-likeness (QED) is 0.750. The molecule has 1 amide bonds. The highest BCUT2D eigenvalue weighted by Crippen LogP contribution is 2.24. The van der Waals surface area contributed by atoms with Crippen LogP contribution in [0.15, 0.2) is 23.1 Å². The molecule has 1 fully saturated rings. The molecule has 0 saturated heterocycles. The topological polar surface area (TPSA) is 99.3 Å². The maximum absolute atomic E-state index is 12.0. The number of aliphatic carboxylic acids is 1. The normalized spacial score (nSPS) is 22.7. The fourth-order valence-corrected chi connectivity index (χ4v) is 2.40. The van der Waals surface area contributed by atoms with E-state index in [1.165, 1.54) is 18.3 Å². The zero-order chi connectivity index (χ0) is 13.8. The summed E-state index contributed by atoms with van der Waals surface area (Å²) < 4.78 is 0. The number of pyridine rings is 1. The van der Waals surface area contributed by atoms with Crippen molar-refractivity contribution in [3.8, 4) is 0 Å². The number of carboxylic acids is 1. The van der Waals surface area contributed by atoms with Crippen molar-refractivity contribution >= 4 is 11.9 Å². The van der Waals surface area contributed by atoms with Crippen molar-refractivity contribution in [2.24, 2.45) is 5.92 Å². The molecule has 6 heteroatoms. The van der Waals surface area contributed by atoms with Crippen molar-refractivity contribution in [2.75, 3.05) is 0 Å². The number of carboxylic acid groups (broad SMARTS) is 1. The molecule has 2 rings (SSSR count). The Hall–Kier alpha value is -2.11. The summed E-state index contributed by atoms with van der Waals surface area (Å²) >= 11 is 0. The van der Waals surface area contributed by atoms with Gasteiger partial charge in [-0.05, 0) is 18.9 Å². The van der Waals surface area contributed by atoms with Crippen LogP contribution in [0, 0.1) is 5.92 Å². The lowest BCUT2D eigenvalue weighted by molar-refractivity contribution is -0.143. The van der Waals surface area contributed by atoms with Crippen molar-refractivity contribution in [1.29, 1.82) is 0 Å². The Morgan fingerprint density at radius 3 is 2.63 bits per heavy atom. The summed E-state index contributed by atoms with van der Waals surface area (Å²) in [5.41, 5.74) is 0.0481. The Bertz CT molecular complexity index is 517. The summed E-state index contributed by atoms with van der Waals surface area (Å²) in [5.74, 6) is -1.75. The van der Waals surface area contributed by atoms with Crippen molar-refractivity contribution < 1.29 is 14.7 Å². The van der Waals surface area contributed by atoms with Gasteiger partial charge in [0.25, 0.3) is 5.91 Å². The molecule has 0 bridgehead atoms. The van der Waals surface area contributed by atoms with Crippen LogP contribution >= 0.6 is 0 Å². The van der Waals surface area contributed by atoms with Gasteiger partial charge in [-0.25, -0.2) is 0 Å². The number of amides is 1. The number of hydrogen-bond acceptors (Lipinski definition) is 3. The molecule has 2 unspecified atom stereocenters. The second-order valence-electron chi connectivity index (χ2n) is 4.75. The largest absolute Gasteiger partial charge is 0.481 e. The van der Waals surface area contributed by atoms with Crippen LogP contribution in [-0.2, 0) is 4.79 Å². The van der Waals surface area contributed by atoms with Crippen LogP contribution in [0.3, 0.4) is 0 Å². The number of carbonyl (C=O) groups excluding carboxylic acids is 1. The summed E-state index contributed by atoms with van der Waals surface area (Å²) in [6.07, 6.45) is 4.39. The van der Waals surface area contributed by atoms with Crippen LogP contribution in [0.2, 0.25) is 0 Å². The van der Waals surface area contributed by atoms with Crippen LogP contribution in [0.1, 0.15) is 36.0 Å². The summed E-state index contributed by atoms with van der Waals surface area (Å²) in [6, 6.07) is 2.35. The van der Waals surface area contributed by atoms with E-state index in [0.717, 1.165) is 12.8 Å². The summed E-state index contributed by atoms with van der Waals surface area (Å²) in [4.78, 5) is 36.4. The number of rotatable bonds is 3. The van der Waals surface area contributed by atoms with Gasteiger partial charge in [0.2, 0.25) is 5.56 Å². The molecule has 102 valence electrons. The van der Waals surface area contributed by atoms with Crippen molar-refractivity contribution in [2.45, 2.75) is 31.7 Å². The van der Waals surface area contributed by atoms with E-state index in [4.69, 9.17) is 5.11 Å². The fraction of sp³-hybridized carbons (Fsp3) is 0.462. The Balaban J connectivity index is 2.06. The predicted molar refractivity (Wildman–Crippen MR) is 67.9 cm³/mol. The minimum absolute atomic E-state index is 0.280. The van der Waals surface area contributed by atoms with Crippen molar-refractivity contribution in [1.82, 2.24) is 10.3 Å². The lowest BCUT2D eigenvalue weighted by atomic mass is 9.84. The molecule has 0 aliphatic heterocycles. The number of carbonyl (C=O) groups is 2. The molecule has 1 aromatic rings. The van der Waals surface area contributed by atoms with Gasteiger partial charge in [-0.15, -0.1) is 0 Å². The van der Waals surface area contributed by atoms with Gasteiger partial charge in [0, 0.05) is 18.3 Å². The number of aromatic nitrogens is 1. The zero-order valence-electron chi connectivity index (χ0n) is 10.4. The third-order valence-electron chi connectivity index (χ3n) is 3.45. The van der Waals surface area contributed by atoms with Gasteiger partial charge in [-0.2, -0.15) is 0 Å². The first-order valence-corrected chi connectivity index (χ1v) is 6.30. The Labute approximate surface area is 109 Å². The number of aromatic amines is 1.